The average molecular weight is 451 g/mol. The summed E-state index contributed by atoms with van der Waals surface area (Å²) in [4.78, 5) is 24.0. The van der Waals surface area contributed by atoms with Gasteiger partial charge in [-0.15, -0.1) is 0 Å². The SMILES string of the molecule is C[C@H]1COc2c(-c3ccc(NCCCN(C)C)nc3)c(F)cc3ncc4c(c23)n1c(=O)n4C. The van der Waals surface area contributed by atoms with E-state index in [4.69, 9.17) is 4.74 Å². The topological polar surface area (TPSA) is 77.2 Å². The van der Waals surface area contributed by atoms with Crippen LogP contribution in [-0.2, 0) is 7.05 Å². The molecule has 8 nitrogen and oxygen atoms in total. The maximum atomic E-state index is 15.4. The molecule has 9 heteroatoms. The minimum atomic E-state index is -0.433. The van der Waals surface area contributed by atoms with Gasteiger partial charge in [0.25, 0.3) is 0 Å². The van der Waals surface area contributed by atoms with Gasteiger partial charge in [0.2, 0.25) is 0 Å². The van der Waals surface area contributed by atoms with Gasteiger partial charge in [-0.2, -0.15) is 0 Å². The number of rotatable bonds is 6. The zero-order valence-electron chi connectivity index (χ0n) is 19.2. The highest BCUT2D eigenvalue weighted by molar-refractivity contribution is 6.09. The first kappa shape index (κ1) is 21.4. The van der Waals surface area contributed by atoms with Crippen molar-refractivity contribution in [3.63, 3.8) is 0 Å². The summed E-state index contributed by atoms with van der Waals surface area (Å²) in [6, 6.07) is 4.88. The fraction of sp³-hybridized carbons (Fsp3) is 0.375. The van der Waals surface area contributed by atoms with Crippen molar-refractivity contribution in [3.8, 4) is 16.9 Å². The number of anilines is 1. The largest absolute Gasteiger partial charge is 0.490 e. The first-order chi connectivity index (χ1) is 15.9. The van der Waals surface area contributed by atoms with Gasteiger partial charge in [0.15, 0.2) is 0 Å². The molecule has 3 aromatic heterocycles. The minimum absolute atomic E-state index is 0.138. The second-order valence-corrected chi connectivity index (χ2v) is 8.84. The molecule has 0 radical (unpaired) electrons. The zero-order chi connectivity index (χ0) is 23.3. The molecule has 0 fully saturated rings. The molecule has 1 N–H and O–H groups in total. The Balaban J connectivity index is 1.62. The highest BCUT2D eigenvalue weighted by atomic mass is 19.1. The summed E-state index contributed by atoms with van der Waals surface area (Å²) in [6.45, 7) is 3.96. The number of imidazole rings is 1. The van der Waals surface area contributed by atoms with Crippen LogP contribution in [0, 0.1) is 5.82 Å². The third kappa shape index (κ3) is 3.52. The van der Waals surface area contributed by atoms with Crippen LogP contribution in [0.4, 0.5) is 10.2 Å². The summed E-state index contributed by atoms with van der Waals surface area (Å²) in [5.74, 6) is 0.706. The van der Waals surface area contributed by atoms with Crippen LogP contribution in [0.1, 0.15) is 19.4 Å². The van der Waals surface area contributed by atoms with Gasteiger partial charge in [0.05, 0.1) is 39.7 Å². The van der Waals surface area contributed by atoms with Crippen LogP contribution in [0.25, 0.3) is 33.1 Å². The first-order valence-corrected chi connectivity index (χ1v) is 11.1. The number of hydrogen-bond acceptors (Lipinski definition) is 6. The third-order valence-electron chi connectivity index (χ3n) is 6.16. The van der Waals surface area contributed by atoms with E-state index in [0.717, 1.165) is 30.8 Å². The Morgan fingerprint density at radius 1 is 1.27 bits per heavy atom. The van der Waals surface area contributed by atoms with Crippen molar-refractivity contribution in [1.29, 1.82) is 0 Å². The number of hydrogen-bond donors (Lipinski definition) is 1. The van der Waals surface area contributed by atoms with Crippen molar-refractivity contribution < 1.29 is 9.13 Å². The number of nitrogens with zero attached hydrogens (tertiary/aromatic N) is 5. The molecule has 0 bridgehead atoms. The van der Waals surface area contributed by atoms with E-state index in [2.05, 4.69) is 20.2 Å². The van der Waals surface area contributed by atoms with E-state index < -0.39 is 5.82 Å². The van der Waals surface area contributed by atoms with Gasteiger partial charge in [0.1, 0.15) is 24.0 Å². The van der Waals surface area contributed by atoms with Crippen LogP contribution in [0.5, 0.6) is 5.75 Å². The molecular formula is C24H27FN6O2. The summed E-state index contributed by atoms with van der Waals surface area (Å²) < 4.78 is 24.8. The van der Waals surface area contributed by atoms with E-state index in [-0.39, 0.29) is 18.3 Å². The molecular weight excluding hydrogens is 423 g/mol. The summed E-state index contributed by atoms with van der Waals surface area (Å²) in [5.41, 5.74) is 2.68. The number of aryl methyl sites for hydroxylation is 1. The Hall–Kier alpha value is -3.46. The number of pyridine rings is 2. The average Bonchev–Trinajstić information content (AvgIpc) is 2.94. The van der Waals surface area contributed by atoms with Gasteiger partial charge < -0.3 is 15.0 Å². The molecule has 5 rings (SSSR count). The molecule has 1 aliphatic rings. The lowest BCUT2D eigenvalue weighted by atomic mass is 10.0. The number of halogens is 1. The molecule has 1 aliphatic heterocycles. The maximum absolute atomic E-state index is 15.4. The van der Waals surface area contributed by atoms with Crippen LogP contribution in [-0.4, -0.2) is 57.8 Å². The predicted molar refractivity (Wildman–Crippen MR) is 128 cm³/mol. The number of ether oxygens (including phenoxy) is 1. The van der Waals surface area contributed by atoms with Crippen molar-refractivity contribution in [2.45, 2.75) is 19.4 Å². The van der Waals surface area contributed by atoms with Crippen molar-refractivity contribution >= 4 is 27.8 Å². The van der Waals surface area contributed by atoms with Crippen molar-refractivity contribution in [1.82, 2.24) is 24.0 Å². The summed E-state index contributed by atoms with van der Waals surface area (Å²) in [6.07, 6.45) is 4.26. The van der Waals surface area contributed by atoms with Gasteiger partial charge in [0, 0.05) is 31.4 Å². The van der Waals surface area contributed by atoms with E-state index in [9.17, 15) is 4.79 Å². The smallest absolute Gasteiger partial charge is 0.329 e. The molecule has 0 amide bonds. The normalized spacial score (nSPS) is 15.4. The van der Waals surface area contributed by atoms with Crippen LogP contribution in [0.15, 0.2) is 35.4 Å². The monoisotopic (exact) mass is 450 g/mol. The molecule has 0 unspecified atom stereocenters. The van der Waals surface area contributed by atoms with Gasteiger partial charge in [-0.1, -0.05) is 0 Å². The van der Waals surface area contributed by atoms with E-state index in [1.165, 1.54) is 6.07 Å². The highest BCUT2D eigenvalue weighted by Gasteiger charge is 2.28. The molecule has 0 saturated heterocycles. The first-order valence-electron chi connectivity index (χ1n) is 11.1. The number of aromatic nitrogens is 4. The van der Waals surface area contributed by atoms with Gasteiger partial charge in [-0.25, -0.2) is 14.2 Å². The molecule has 0 saturated carbocycles. The standard InChI is InChI=1S/C24H27FN6O2/c1-14-13-33-23-20(15-6-7-19(28-11-15)26-8-5-9-29(2)3)16(25)10-17-21(23)22-18(12-27-17)30(4)24(32)31(14)22/h6-7,10-12,14H,5,8-9,13H2,1-4H3,(H,26,28)/t14-/m0/s1. The third-order valence-corrected chi connectivity index (χ3v) is 6.16. The quantitative estimate of drug-likeness (QED) is 0.454. The molecule has 4 aromatic rings. The van der Waals surface area contributed by atoms with Crippen LogP contribution < -0.4 is 15.7 Å². The molecule has 33 heavy (non-hydrogen) atoms. The minimum Gasteiger partial charge on any atom is -0.490 e. The molecule has 0 spiro atoms. The summed E-state index contributed by atoms with van der Waals surface area (Å²) in [7, 11) is 5.81. The highest BCUT2D eigenvalue weighted by Crippen LogP contribution is 2.43. The van der Waals surface area contributed by atoms with E-state index in [1.54, 1.807) is 28.6 Å². The van der Waals surface area contributed by atoms with E-state index in [1.807, 2.05) is 33.2 Å². The predicted octanol–water partition coefficient (Wildman–Crippen LogP) is 3.41. The fourth-order valence-electron chi connectivity index (χ4n) is 4.47. The Labute approximate surface area is 190 Å². The van der Waals surface area contributed by atoms with Crippen LogP contribution in [0.3, 0.4) is 0 Å². The Morgan fingerprint density at radius 3 is 2.82 bits per heavy atom. The van der Waals surface area contributed by atoms with Gasteiger partial charge in [-0.05, 0) is 46.1 Å². The van der Waals surface area contributed by atoms with Crippen molar-refractivity contribution in [2.24, 2.45) is 7.05 Å². The van der Waals surface area contributed by atoms with E-state index in [0.29, 0.717) is 33.3 Å². The Kier molecular flexibility index (Phi) is 5.28. The van der Waals surface area contributed by atoms with E-state index >= 15 is 4.39 Å². The molecule has 1 atom stereocenters. The lowest BCUT2D eigenvalue weighted by Crippen LogP contribution is -2.27. The van der Waals surface area contributed by atoms with Gasteiger partial charge in [-0.3, -0.25) is 14.1 Å². The van der Waals surface area contributed by atoms with Crippen molar-refractivity contribution in [2.75, 3.05) is 39.1 Å². The fourth-order valence-corrected chi connectivity index (χ4v) is 4.47. The maximum Gasteiger partial charge on any atom is 0.329 e. The van der Waals surface area contributed by atoms with Crippen molar-refractivity contribution in [3.05, 3.63) is 46.9 Å². The van der Waals surface area contributed by atoms with Crippen LogP contribution in [0.2, 0.25) is 0 Å². The number of nitrogens with one attached hydrogen (secondary N) is 1. The summed E-state index contributed by atoms with van der Waals surface area (Å²) in [5, 5.41) is 3.95. The molecule has 172 valence electrons. The molecule has 1 aromatic carbocycles. The summed E-state index contributed by atoms with van der Waals surface area (Å²) >= 11 is 0. The van der Waals surface area contributed by atoms with Gasteiger partial charge >= 0.3 is 5.69 Å². The molecule has 4 heterocycles. The lowest BCUT2D eigenvalue weighted by molar-refractivity contribution is 0.267. The molecule has 0 aliphatic carbocycles. The second kappa shape index (κ2) is 8.15. The second-order valence-electron chi connectivity index (χ2n) is 8.84. The zero-order valence-corrected chi connectivity index (χ0v) is 19.2. The number of benzene rings is 1. The Bertz CT molecular complexity index is 1410. The Morgan fingerprint density at radius 2 is 2.09 bits per heavy atom. The van der Waals surface area contributed by atoms with Crippen LogP contribution >= 0.6 is 0 Å². The lowest BCUT2D eigenvalue weighted by Gasteiger charge is -2.15.